The smallest absolute Gasteiger partial charge is 0.233 e. The zero-order valence-electron chi connectivity index (χ0n) is 16.7. The molecule has 4 rings (SSSR count). The number of nitrogens with one attached hydrogen (secondary N) is 1. The average molecular weight is 419 g/mol. The number of thioether (sulfide) groups is 1. The highest BCUT2D eigenvalue weighted by Crippen LogP contribution is 2.30. The number of benzene rings is 2. The molecule has 6 nitrogen and oxygen atoms in total. The molecule has 0 aliphatic rings. The summed E-state index contributed by atoms with van der Waals surface area (Å²) in [6.07, 6.45) is 1.60. The van der Waals surface area contributed by atoms with Crippen LogP contribution >= 0.6 is 11.8 Å². The zero-order valence-corrected chi connectivity index (χ0v) is 17.5. The number of amides is 1. The van der Waals surface area contributed by atoms with Gasteiger partial charge in [0.1, 0.15) is 0 Å². The predicted molar refractivity (Wildman–Crippen MR) is 117 cm³/mol. The number of hydrogen-bond acceptors (Lipinski definition) is 5. The number of rotatable bonds is 7. The molecule has 2 atom stereocenters. The topological polar surface area (TPSA) is 73.0 Å². The number of aromatic nitrogens is 3. The molecular formula is C23H22N4O2S. The van der Waals surface area contributed by atoms with Crippen molar-refractivity contribution < 1.29 is 9.21 Å². The summed E-state index contributed by atoms with van der Waals surface area (Å²) >= 11 is 1.36. The van der Waals surface area contributed by atoms with E-state index in [1.165, 1.54) is 11.8 Å². The van der Waals surface area contributed by atoms with Gasteiger partial charge >= 0.3 is 0 Å². The molecule has 0 fully saturated rings. The number of para-hydroxylation sites is 1. The van der Waals surface area contributed by atoms with E-state index in [0.29, 0.717) is 16.7 Å². The van der Waals surface area contributed by atoms with Gasteiger partial charge in [-0.05, 0) is 43.7 Å². The van der Waals surface area contributed by atoms with E-state index in [-0.39, 0.29) is 17.2 Å². The van der Waals surface area contributed by atoms with Crippen molar-refractivity contribution in [1.29, 1.82) is 0 Å². The Morgan fingerprint density at radius 2 is 1.67 bits per heavy atom. The van der Waals surface area contributed by atoms with Crippen LogP contribution in [-0.4, -0.2) is 25.9 Å². The summed E-state index contributed by atoms with van der Waals surface area (Å²) in [7, 11) is 0. The highest BCUT2D eigenvalue weighted by molar-refractivity contribution is 8.00. The molecule has 2 aromatic heterocycles. The molecule has 1 amide bonds. The quantitative estimate of drug-likeness (QED) is 0.433. The SMILES string of the molecule is CC(Sc1nnc(-c2ccco2)n1-c1ccccc1)C(=O)NC(C)c1ccccc1. The molecule has 0 saturated heterocycles. The average Bonchev–Trinajstić information content (AvgIpc) is 3.44. The first kappa shape index (κ1) is 20.0. The second-order valence-electron chi connectivity index (χ2n) is 6.86. The Balaban J connectivity index is 1.56. The first-order chi connectivity index (χ1) is 14.6. The van der Waals surface area contributed by atoms with Gasteiger partial charge in [-0.15, -0.1) is 10.2 Å². The van der Waals surface area contributed by atoms with Crippen LogP contribution < -0.4 is 5.32 Å². The molecule has 0 aliphatic carbocycles. The van der Waals surface area contributed by atoms with E-state index in [1.807, 2.05) is 91.2 Å². The Bertz CT molecular complexity index is 1090. The highest BCUT2D eigenvalue weighted by atomic mass is 32.2. The molecule has 0 saturated carbocycles. The fourth-order valence-electron chi connectivity index (χ4n) is 3.09. The van der Waals surface area contributed by atoms with Gasteiger partial charge < -0.3 is 9.73 Å². The minimum Gasteiger partial charge on any atom is -0.461 e. The van der Waals surface area contributed by atoms with Crippen LogP contribution in [0.5, 0.6) is 0 Å². The molecule has 0 spiro atoms. The molecule has 4 aromatic rings. The van der Waals surface area contributed by atoms with E-state index in [0.717, 1.165) is 11.3 Å². The third-order valence-corrected chi connectivity index (χ3v) is 5.74. The summed E-state index contributed by atoms with van der Waals surface area (Å²) in [5.74, 6) is 1.16. The monoisotopic (exact) mass is 418 g/mol. The lowest BCUT2D eigenvalue weighted by Crippen LogP contribution is -2.33. The van der Waals surface area contributed by atoms with Gasteiger partial charge in [0.25, 0.3) is 0 Å². The molecule has 0 bridgehead atoms. The van der Waals surface area contributed by atoms with Gasteiger partial charge in [-0.25, -0.2) is 0 Å². The minimum atomic E-state index is -0.354. The molecule has 30 heavy (non-hydrogen) atoms. The van der Waals surface area contributed by atoms with Crippen molar-refractivity contribution in [2.75, 3.05) is 0 Å². The Morgan fingerprint density at radius 3 is 2.33 bits per heavy atom. The molecule has 0 radical (unpaired) electrons. The summed E-state index contributed by atoms with van der Waals surface area (Å²) in [5.41, 5.74) is 1.97. The van der Waals surface area contributed by atoms with Gasteiger partial charge in [-0.2, -0.15) is 0 Å². The van der Waals surface area contributed by atoms with E-state index in [1.54, 1.807) is 6.26 Å². The van der Waals surface area contributed by atoms with Crippen molar-refractivity contribution in [3.8, 4) is 17.3 Å². The van der Waals surface area contributed by atoms with E-state index in [2.05, 4.69) is 15.5 Å². The Hall–Kier alpha value is -3.32. The molecular weight excluding hydrogens is 396 g/mol. The first-order valence-electron chi connectivity index (χ1n) is 9.70. The molecule has 152 valence electrons. The fourth-order valence-corrected chi connectivity index (χ4v) is 3.97. The summed E-state index contributed by atoms with van der Waals surface area (Å²) in [5, 5.41) is 12.0. The maximum absolute atomic E-state index is 12.8. The normalized spacial score (nSPS) is 13.0. The molecule has 1 N–H and O–H groups in total. The van der Waals surface area contributed by atoms with Crippen molar-refractivity contribution in [3.63, 3.8) is 0 Å². The van der Waals surface area contributed by atoms with Crippen LogP contribution in [-0.2, 0) is 4.79 Å². The predicted octanol–water partition coefficient (Wildman–Crippen LogP) is 4.89. The maximum atomic E-state index is 12.8. The van der Waals surface area contributed by atoms with Gasteiger partial charge in [0, 0.05) is 5.69 Å². The van der Waals surface area contributed by atoms with Crippen LogP contribution in [0.25, 0.3) is 17.3 Å². The van der Waals surface area contributed by atoms with Gasteiger partial charge in [-0.3, -0.25) is 9.36 Å². The van der Waals surface area contributed by atoms with Crippen LogP contribution in [0.15, 0.2) is 88.6 Å². The van der Waals surface area contributed by atoms with Crippen LogP contribution in [0, 0.1) is 0 Å². The first-order valence-corrected chi connectivity index (χ1v) is 10.6. The Kier molecular flexibility index (Phi) is 5.99. The molecule has 2 aromatic carbocycles. The minimum absolute atomic E-state index is 0.0569. The molecule has 2 heterocycles. The number of furan rings is 1. The van der Waals surface area contributed by atoms with E-state index >= 15 is 0 Å². The maximum Gasteiger partial charge on any atom is 0.233 e. The van der Waals surface area contributed by atoms with E-state index in [9.17, 15) is 4.79 Å². The van der Waals surface area contributed by atoms with Gasteiger partial charge in [0.05, 0.1) is 17.6 Å². The second kappa shape index (κ2) is 9.00. The van der Waals surface area contributed by atoms with Gasteiger partial charge in [-0.1, -0.05) is 60.3 Å². The molecule has 7 heteroatoms. The zero-order chi connectivity index (χ0) is 20.9. The summed E-state index contributed by atoms with van der Waals surface area (Å²) < 4.78 is 7.45. The van der Waals surface area contributed by atoms with Crippen molar-refractivity contribution in [2.45, 2.75) is 30.3 Å². The fraction of sp³-hybridized carbons (Fsp3) is 0.174. The lowest BCUT2D eigenvalue weighted by molar-refractivity contribution is -0.120. The number of carbonyl (C=O) groups is 1. The largest absolute Gasteiger partial charge is 0.461 e. The summed E-state index contributed by atoms with van der Waals surface area (Å²) in [6, 6.07) is 23.3. The van der Waals surface area contributed by atoms with Crippen LogP contribution in [0.2, 0.25) is 0 Å². The standard InChI is InChI=1S/C23H22N4O2S/c1-16(18-10-5-3-6-11-18)24-22(28)17(2)30-23-26-25-21(20-14-9-15-29-20)27(23)19-12-7-4-8-13-19/h3-17H,1-2H3,(H,24,28). The number of nitrogens with zero attached hydrogens (tertiary/aromatic N) is 3. The summed E-state index contributed by atoms with van der Waals surface area (Å²) in [6.45, 7) is 3.85. The van der Waals surface area contributed by atoms with Crippen LogP contribution in [0.3, 0.4) is 0 Å². The third kappa shape index (κ3) is 4.31. The molecule has 2 unspecified atom stereocenters. The third-order valence-electron chi connectivity index (χ3n) is 4.70. The van der Waals surface area contributed by atoms with Crippen LogP contribution in [0.1, 0.15) is 25.5 Å². The van der Waals surface area contributed by atoms with Gasteiger partial charge in [0.2, 0.25) is 11.7 Å². The number of hydrogen-bond donors (Lipinski definition) is 1. The Morgan fingerprint density at radius 1 is 0.967 bits per heavy atom. The highest BCUT2D eigenvalue weighted by Gasteiger charge is 2.23. The van der Waals surface area contributed by atoms with Crippen molar-refractivity contribution >= 4 is 17.7 Å². The molecule has 0 aliphatic heterocycles. The summed E-state index contributed by atoms with van der Waals surface area (Å²) in [4.78, 5) is 12.8. The van der Waals surface area contributed by atoms with Crippen molar-refractivity contribution in [3.05, 3.63) is 84.6 Å². The van der Waals surface area contributed by atoms with E-state index in [4.69, 9.17) is 4.42 Å². The van der Waals surface area contributed by atoms with Crippen LogP contribution in [0.4, 0.5) is 0 Å². The van der Waals surface area contributed by atoms with E-state index < -0.39 is 0 Å². The van der Waals surface area contributed by atoms with Crippen molar-refractivity contribution in [1.82, 2.24) is 20.1 Å². The lowest BCUT2D eigenvalue weighted by atomic mass is 10.1. The van der Waals surface area contributed by atoms with Gasteiger partial charge in [0.15, 0.2) is 10.9 Å². The second-order valence-corrected chi connectivity index (χ2v) is 8.16. The number of carbonyl (C=O) groups excluding carboxylic acids is 1. The lowest BCUT2D eigenvalue weighted by Gasteiger charge is -2.18. The van der Waals surface area contributed by atoms with Crippen molar-refractivity contribution in [2.24, 2.45) is 0 Å². The Labute approximate surface area is 179 Å².